The summed E-state index contributed by atoms with van der Waals surface area (Å²) in [6.07, 6.45) is 1.56. The number of aromatic nitrogens is 2. The van der Waals surface area contributed by atoms with Gasteiger partial charge in [-0.05, 0) is 12.1 Å². The number of hydrogen-bond acceptors (Lipinski definition) is 5. The highest BCUT2D eigenvalue weighted by molar-refractivity contribution is 5.96. The van der Waals surface area contributed by atoms with Crippen LogP contribution >= 0.6 is 0 Å². The van der Waals surface area contributed by atoms with Crippen LogP contribution in [0.25, 0.3) is 11.0 Å². The second-order valence-corrected chi connectivity index (χ2v) is 5.55. The molecule has 0 saturated heterocycles. The van der Waals surface area contributed by atoms with Crippen molar-refractivity contribution >= 4 is 22.8 Å². The van der Waals surface area contributed by atoms with Crippen LogP contribution in [0.15, 0.2) is 40.9 Å². The highest BCUT2D eigenvalue weighted by atomic mass is 16.5. The minimum Gasteiger partial charge on any atom is -0.451 e. The van der Waals surface area contributed by atoms with Crippen LogP contribution in [0.1, 0.15) is 26.9 Å². The molecule has 2 amide bonds. The molecule has 8 heteroatoms. The average Bonchev–Trinajstić information content (AvgIpc) is 3.23. The number of para-hydroxylation sites is 1. The van der Waals surface area contributed by atoms with Gasteiger partial charge in [-0.1, -0.05) is 18.2 Å². The SMILES string of the molecule is O=C(NO)c1cn2c(n1)CN(C(=O)c1cc3ccccc3o1)CC2. The van der Waals surface area contributed by atoms with Crippen LogP contribution in [-0.2, 0) is 13.1 Å². The fraction of sp³-hybridized carbons (Fsp3) is 0.188. The van der Waals surface area contributed by atoms with E-state index in [0.717, 1.165) is 5.39 Å². The third-order valence-electron chi connectivity index (χ3n) is 4.06. The van der Waals surface area contributed by atoms with Gasteiger partial charge in [0.25, 0.3) is 11.8 Å². The molecule has 0 bridgehead atoms. The number of imidazole rings is 1. The number of amides is 2. The van der Waals surface area contributed by atoms with Crippen LogP contribution in [0, 0.1) is 0 Å². The van der Waals surface area contributed by atoms with Gasteiger partial charge in [0.15, 0.2) is 5.76 Å². The van der Waals surface area contributed by atoms with Crippen LogP contribution in [0.2, 0.25) is 0 Å². The highest BCUT2D eigenvalue weighted by Gasteiger charge is 2.26. The number of furan rings is 1. The zero-order valence-corrected chi connectivity index (χ0v) is 12.6. The average molecular weight is 326 g/mol. The smallest absolute Gasteiger partial charge is 0.294 e. The number of nitrogens with one attached hydrogen (secondary N) is 1. The van der Waals surface area contributed by atoms with Gasteiger partial charge in [-0.25, -0.2) is 10.5 Å². The summed E-state index contributed by atoms with van der Waals surface area (Å²) in [6.45, 7) is 1.28. The molecule has 0 spiro atoms. The number of nitrogens with zero attached hydrogens (tertiary/aromatic N) is 3. The Morgan fingerprint density at radius 3 is 2.88 bits per heavy atom. The largest absolute Gasteiger partial charge is 0.451 e. The molecule has 2 N–H and O–H groups in total. The van der Waals surface area contributed by atoms with Crippen molar-refractivity contribution in [3.05, 3.63) is 53.8 Å². The lowest BCUT2D eigenvalue weighted by Gasteiger charge is -2.26. The molecule has 8 nitrogen and oxygen atoms in total. The van der Waals surface area contributed by atoms with E-state index in [1.807, 2.05) is 24.3 Å². The molecule has 1 aromatic carbocycles. The van der Waals surface area contributed by atoms with Crippen molar-refractivity contribution in [2.75, 3.05) is 6.54 Å². The first-order valence-corrected chi connectivity index (χ1v) is 7.44. The zero-order valence-electron chi connectivity index (χ0n) is 12.6. The van der Waals surface area contributed by atoms with Crippen LogP contribution in [0.5, 0.6) is 0 Å². The minimum atomic E-state index is -0.674. The fourth-order valence-electron chi connectivity index (χ4n) is 2.84. The summed E-state index contributed by atoms with van der Waals surface area (Å²) in [5.41, 5.74) is 2.34. The van der Waals surface area contributed by atoms with E-state index in [1.165, 1.54) is 0 Å². The molecule has 0 saturated carbocycles. The molecule has 0 aliphatic carbocycles. The van der Waals surface area contributed by atoms with Crippen molar-refractivity contribution in [3.63, 3.8) is 0 Å². The van der Waals surface area contributed by atoms with Crippen molar-refractivity contribution in [1.29, 1.82) is 0 Å². The summed E-state index contributed by atoms with van der Waals surface area (Å²) in [4.78, 5) is 29.9. The van der Waals surface area contributed by atoms with E-state index in [9.17, 15) is 9.59 Å². The standard InChI is InChI=1S/C16H14N4O4/c21-15(18-23)11-8-19-5-6-20(9-14(19)17-11)16(22)13-7-10-3-1-2-4-12(10)24-13/h1-4,7-8,23H,5-6,9H2,(H,18,21). The van der Waals surface area contributed by atoms with E-state index >= 15 is 0 Å². The van der Waals surface area contributed by atoms with Gasteiger partial charge in [-0.15, -0.1) is 0 Å². The highest BCUT2D eigenvalue weighted by Crippen LogP contribution is 2.22. The first kappa shape index (κ1) is 14.5. The topological polar surface area (TPSA) is 101 Å². The first-order valence-electron chi connectivity index (χ1n) is 7.44. The minimum absolute atomic E-state index is 0.116. The molecule has 24 heavy (non-hydrogen) atoms. The van der Waals surface area contributed by atoms with E-state index in [2.05, 4.69) is 4.98 Å². The van der Waals surface area contributed by atoms with Crippen molar-refractivity contribution in [1.82, 2.24) is 19.9 Å². The van der Waals surface area contributed by atoms with Gasteiger partial charge in [0.05, 0.1) is 6.54 Å². The molecule has 0 unspecified atom stereocenters. The Balaban J connectivity index is 1.58. The van der Waals surface area contributed by atoms with Crippen molar-refractivity contribution in [2.24, 2.45) is 0 Å². The van der Waals surface area contributed by atoms with E-state index in [1.54, 1.807) is 27.2 Å². The fourth-order valence-corrected chi connectivity index (χ4v) is 2.84. The van der Waals surface area contributed by atoms with E-state index in [-0.39, 0.29) is 23.9 Å². The van der Waals surface area contributed by atoms with Crippen LogP contribution < -0.4 is 5.48 Å². The zero-order chi connectivity index (χ0) is 16.7. The normalized spacial score (nSPS) is 13.8. The molecule has 3 aromatic rings. The Morgan fingerprint density at radius 1 is 1.25 bits per heavy atom. The van der Waals surface area contributed by atoms with Crippen LogP contribution in [0.4, 0.5) is 0 Å². The number of fused-ring (bicyclic) bond motifs is 2. The maximum atomic E-state index is 12.7. The second-order valence-electron chi connectivity index (χ2n) is 5.55. The van der Waals surface area contributed by atoms with Gasteiger partial charge >= 0.3 is 0 Å². The summed E-state index contributed by atoms with van der Waals surface area (Å²) in [7, 11) is 0. The molecule has 3 heterocycles. The van der Waals surface area contributed by atoms with Gasteiger partial charge in [-0.3, -0.25) is 14.8 Å². The third-order valence-corrected chi connectivity index (χ3v) is 4.06. The number of hydroxylamine groups is 1. The second kappa shape index (κ2) is 5.50. The maximum Gasteiger partial charge on any atom is 0.294 e. The van der Waals surface area contributed by atoms with Crippen LogP contribution in [0.3, 0.4) is 0 Å². The predicted molar refractivity (Wildman–Crippen MR) is 82.4 cm³/mol. The Morgan fingerprint density at radius 2 is 2.08 bits per heavy atom. The van der Waals surface area contributed by atoms with Gasteiger partial charge in [-0.2, -0.15) is 0 Å². The number of rotatable bonds is 2. The summed E-state index contributed by atoms with van der Waals surface area (Å²) >= 11 is 0. The van der Waals surface area contributed by atoms with Crippen molar-refractivity contribution in [3.8, 4) is 0 Å². The van der Waals surface area contributed by atoms with Gasteiger partial charge in [0, 0.05) is 24.7 Å². The molecule has 2 aromatic heterocycles. The molecular formula is C16H14N4O4. The van der Waals surface area contributed by atoms with E-state index in [4.69, 9.17) is 9.62 Å². The lowest BCUT2D eigenvalue weighted by molar-refractivity contribution is 0.0677. The molecule has 122 valence electrons. The summed E-state index contributed by atoms with van der Waals surface area (Å²) in [5, 5.41) is 9.56. The number of carbonyl (C=O) groups is 2. The van der Waals surface area contributed by atoms with Gasteiger partial charge < -0.3 is 13.9 Å². The van der Waals surface area contributed by atoms with Gasteiger partial charge in [0.2, 0.25) is 0 Å². The van der Waals surface area contributed by atoms with E-state index < -0.39 is 5.91 Å². The molecule has 0 radical (unpaired) electrons. The third kappa shape index (κ3) is 2.33. The maximum absolute atomic E-state index is 12.7. The number of benzene rings is 1. The lowest BCUT2D eigenvalue weighted by atomic mass is 10.2. The summed E-state index contributed by atoms with van der Waals surface area (Å²) < 4.78 is 7.41. The van der Waals surface area contributed by atoms with E-state index in [0.29, 0.717) is 24.5 Å². The lowest BCUT2D eigenvalue weighted by Crippen LogP contribution is -2.38. The number of hydrogen-bond donors (Lipinski definition) is 2. The number of carbonyl (C=O) groups excluding carboxylic acids is 2. The quantitative estimate of drug-likeness (QED) is 0.548. The molecule has 1 aliphatic heterocycles. The Labute approximate surface area is 136 Å². The summed E-state index contributed by atoms with van der Waals surface area (Å²) in [6, 6.07) is 9.17. The first-order chi connectivity index (χ1) is 11.7. The van der Waals surface area contributed by atoms with Crippen LogP contribution in [-0.4, -0.2) is 38.0 Å². The Bertz CT molecular complexity index is 910. The molecular weight excluding hydrogens is 312 g/mol. The molecule has 4 rings (SSSR count). The molecule has 1 aliphatic rings. The molecule has 0 atom stereocenters. The summed E-state index contributed by atoms with van der Waals surface area (Å²) in [5.74, 6) is -0.0190. The Hall–Kier alpha value is -3.13. The predicted octanol–water partition coefficient (Wildman–Crippen LogP) is 1.40. The van der Waals surface area contributed by atoms with Crippen molar-refractivity contribution in [2.45, 2.75) is 13.1 Å². The molecule has 0 fully saturated rings. The monoisotopic (exact) mass is 326 g/mol. The van der Waals surface area contributed by atoms with Crippen molar-refractivity contribution < 1.29 is 19.2 Å². The van der Waals surface area contributed by atoms with Gasteiger partial charge in [0.1, 0.15) is 17.1 Å². The Kier molecular flexibility index (Phi) is 3.31.